The van der Waals surface area contributed by atoms with E-state index in [1.807, 2.05) is 36.4 Å². The number of hydrogen-bond donors (Lipinski definition) is 3. The van der Waals surface area contributed by atoms with E-state index in [0.29, 0.717) is 47.2 Å². The van der Waals surface area contributed by atoms with Crippen LogP contribution >= 0.6 is 0 Å². The van der Waals surface area contributed by atoms with Crippen LogP contribution in [-0.4, -0.2) is 28.4 Å². The topological polar surface area (TPSA) is 102 Å². The summed E-state index contributed by atoms with van der Waals surface area (Å²) in [6.45, 7) is 8.23. The van der Waals surface area contributed by atoms with Gasteiger partial charge in [-0.3, -0.25) is 14.4 Å². The van der Waals surface area contributed by atoms with E-state index in [9.17, 15) is 19.5 Å². The first-order valence-corrected chi connectivity index (χ1v) is 23.6. The summed E-state index contributed by atoms with van der Waals surface area (Å²) in [5.41, 5.74) is 11.9. The zero-order valence-electron chi connectivity index (χ0n) is 38.5. The number of allylic oxidation sites excluding steroid dienone is 5. The van der Waals surface area contributed by atoms with Crippen LogP contribution in [0, 0.1) is 39.5 Å². The van der Waals surface area contributed by atoms with E-state index in [1.165, 1.54) is 0 Å². The Kier molecular flexibility index (Phi) is 12.8. The molecule has 0 radical (unpaired) electrons. The second kappa shape index (κ2) is 19.2. The van der Waals surface area contributed by atoms with Gasteiger partial charge < -0.3 is 20.6 Å². The molecule has 334 valence electrons. The normalized spacial score (nSPS) is 17.5. The van der Waals surface area contributed by atoms with Crippen molar-refractivity contribution in [3.8, 4) is 0 Å². The Labute approximate surface area is 388 Å². The smallest absolute Gasteiger partial charge is 0.224 e. The maximum Gasteiger partial charge on any atom is 0.224 e. The van der Waals surface area contributed by atoms with Crippen molar-refractivity contribution in [3.63, 3.8) is 0 Å². The highest BCUT2D eigenvalue weighted by atomic mass is 16.3. The summed E-state index contributed by atoms with van der Waals surface area (Å²) in [7, 11) is 0. The maximum atomic E-state index is 14.8. The van der Waals surface area contributed by atoms with Crippen LogP contribution in [0.2, 0.25) is 0 Å². The van der Waals surface area contributed by atoms with Gasteiger partial charge in [0.25, 0.3) is 0 Å². The number of nitrogens with one attached hydrogen (secondary N) is 2. The molecule has 9 rings (SSSR count). The fourth-order valence-electron chi connectivity index (χ4n) is 9.91. The van der Waals surface area contributed by atoms with Crippen LogP contribution in [0.3, 0.4) is 0 Å². The zero-order chi connectivity index (χ0) is 45.9. The fraction of sp³-hybridized carbons (Fsp3) is 0.276. The van der Waals surface area contributed by atoms with Gasteiger partial charge in [0.2, 0.25) is 34.7 Å². The number of nitrogens with zero attached hydrogens (tertiary/aromatic N) is 2. The summed E-state index contributed by atoms with van der Waals surface area (Å²) in [6, 6.07) is 38.8. The Balaban J connectivity index is 1.15. The quantitative estimate of drug-likeness (QED) is 0.0856. The monoisotopic (exact) mass is 875 g/mol. The van der Waals surface area contributed by atoms with Crippen LogP contribution in [0.15, 0.2) is 156 Å². The summed E-state index contributed by atoms with van der Waals surface area (Å²) in [5, 5.41) is 18.6. The number of aliphatic hydroxyl groups excluding tert-OH is 1. The lowest BCUT2D eigenvalue weighted by atomic mass is 9.78. The molecule has 0 heterocycles. The highest BCUT2D eigenvalue weighted by molar-refractivity contribution is 6.40. The molecule has 0 spiro atoms. The molecule has 0 saturated heterocycles. The molecular weight excluding hydrogens is 817 g/mol. The van der Waals surface area contributed by atoms with Gasteiger partial charge in [0.05, 0.1) is 22.5 Å². The first-order chi connectivity index (χ1) is 32.0. The third-order valence-corrected chi connectivity index (χ3v) is 13.6. The Morgan fingerprint density at radius 3 is 1.53 bits per heavy atom. The van der Waals surface area contributed by atoms with Crippen molar-refractivity contribution in [1.29, 1.82) is 0 Å². The number of rotatable bonds is 12. The molecule has 0 unspecified atom stereocenters. The van der Waals surface area contributed by atoms with Crippen molar-refractivity contribution in [2.24, 2.45) is 11.8 Å². The van der Waals surface area contributed by atoms with E-state index < -0.39 is 0 Å². The SMILES string of the molecule is Cc1ccc(N(c2ccc(C)cc2)c2ccc(C3=C(O)/C(=C4/C=CC(=[N+](c5ccc(C)cc5)c5ccc(C)cc5)C=C4NC(=O)CC4CCCC4)C3=O)c(NC(=O)CC3CCCC3)c2)cc1. The molecule has 0 aliphatic heterocycles. The molecule has 8 heteroatoms. The van der Waals surface area contributed by atoms with Crippen molar-refractivity contribution >= 4 is 63.0 Å². The summed E-state index contributed by atoms with van der Waals surface area (Å²) in [6.07, 6.45) is 15.0. The van der Waals surface area contributed by atoms with E-state index in [0.717, 1.165) is 108 Å². The van der Waals surface area contributed by atoms with Crippen molar-refractivity contribution in [3.05, 3.63) is 184 Å². The van der Waals surface area contributed by atoms with Crippen LogP contribution in [-0.2, 0) is 14.4 Å². The molecule has 4 aliphatic rings. The highest BCUT2D eigenvalue weighted by Gasteiger charge is 2.40. The molecular formula is C58H59N4O4+. The lowest BCUT2D eigenvalue weighted by molar-refractivity contribution is -0.121. The van der Waals surface area contributed by atoms with Crippen LogP contribution in [0.1, 0.15) is 92.0 Å². The molecule has 0 aromatic heterocycles. The summed E-state index contributed by atoms with van der Waals surface area (Å²) >= 11 is 0. The third kappa shape index (κ3) is 9.50. The van der Waals surface area contributed by atoms with Crippen molar-refractivity contribution < 1.29 is 19.5 Å². The molecule has 0 bridgehead atoms. The minimum Gasteiger partial charge on any atom is -0.506 e. The largest absolute Gasteiger partial charge is 0.506 e. The second-order valence-corrected chi connectivity index (χ2v) is 18.7. The van der Waals surface area contributed by atoms with Crippen molar-refractivity contribution in [1.82, 2.24) is 9.89 Å². The predicted octanol–water partition coefficient (Wildman–Crippen LogP) is 13.2. The van der Waals surface area contributed by atoms with E-state index in [1.54, 1.807) is 0 Å². The first kappa shape index (κ1) is 44.2. The van der Waals surface area contributed by atoms with E-state index in [-0.39, 0.29) is 34.5 Å². The molecule has 4 aliphatic carbocycles. The minimum absolute atomic E-state index is 0.122. The molecule has 0 atom stereocenters. The first-order valence-electron chi connectivity index (χ1n) is 23.6. The Morgan fingerprint density at radius 1 is 0.591 bits per heavy atom. The lowest BCUT2D eigenvalue weighted by Crippen LogP contribution is -2.31. The highest BCUT2D eigenvalue weighted by Crippen LogP contribution is 2.45. The molecule has 66 heavy (non-hydrogen) atoms. The average molecular weight is 876 g/mol. The van der Waals surface area contributed by atoms with E-state index in [2.05, 4.69) is 145 Å². The number of carbonyl (C=O) groups is 3. The number of aliphatic hydroxyl groups is 1. The van der Waals surface area contributed by atoms with Crippen LogP contribution in [0.4, 0.5) is 34.1 Å². The Hall–Kier alpha value is -7.06. The van der Waals surface area contributed by atoms with Gasteiger partial charge in [0.1, 0.15) is 5.76 Å². The summed E-state index contributed by atoms with van der Waals surface area (Å²) in [4.78, 5) is 44.6. The number of carbonyl (C=O) groups excluding carboxylic acids is 3. The van der Waals surface area contributed by atoms with Gasteiger partial charge in [0.15, 0.2) is 0 Å². The van der Waals surface area contributed by atoms with Crippen LogP contribution < -0.4 is 20.1 Å². The minimum atomic E-state index is -0.367. The predicted molar refractivity (Wildman–Crippen MR) is 268 cm³/mol. The number of aryl methyl sites for hydroxylation is 4. The van der Waals surface area contributed by atoms with Gasteiger partial charge in [-0.05, 0) is 114 Å². The number of benzene rings is 5. The molecule has 2 saturated carbocycles. The van der Waals surface area contributed by atoms with Gasteiger partial charge >= 0.3 is 0 Å². The fourth-order valence-corrected chi connectivity index (χ4v) is 9.91. The lowest BCUT2D eigenvalue weighted by Gasteiger charge is -2.29. The van der Waals surface area contributed by atoms with Gasteiger partial charge in [-0.1, -0.05) is 96.5 Å². The average Bonchev–Trinajstić information content (AvgIpc) is 4.03. The van der Waals surface area contributed by atoms with Crippen molar-refractivity contribution in [2.45, 2.75) is 91.9 Å². The summed E-state index contributed by atoms with van der Waals surface area (Å²) in [5.74, 6) is -0.172. The molecule has 2 fully saturated rings. The van der Waals surface area contributed by atoms with E-state index >= 15 is 0 Å². The van der Waals surface area contributed by atoms with Gasteiger partial charge in [-0.15, -0.1) is 0 Å². The maximum absolute atomic E-state index is 14.8. The summed E-state index contributed by atoms with van der Waals surface area (Å²) < 4.78 is 2.13. The Bertz CT molecular complexity index is 2740. The number of amides is 2. The molecule has 2 amide bonds. The number of hydrogen-bond acceptors (Lipinski definition) is 5. The zero-order valence-corrected chi connectivity index (χ0v) is 38.5. The standard InChI is InChI=1S/C58H58N4O4/c1-37-13-21-43(22-14-37)61(44-23-15-38(2)16-24-44)47-29-31-49(51(35-47)59-53(63)33-41-9-5-6-10-41)55-57(65)56(58(55)66)50-32-30-48(36-52(50)60-54(64)34-42-11-7-8-12-42)62(45-25-17-39(3)18-26-45)46-27-19-40(4)20-28-46/h13-32,35-36,41-42H,5-12,33-34H2,1-4H3,(H2,59,60,63,64,65,66)/p+1. The van der Waals surface area contributed by atoms with Gasteiger partial charge in [-0.2, -0.15) is 4.58 Å². The third-order valence-electron chi connectivity index (χ3n) is 13.6. The molecule has 5 aromatic carbocycles. The molecule has 3 N–H and O–H groups in total. The number of Topliss-reactive ketones (excluding diaryl/α,β-unsaturated/α-hetero) is 1. The van der Waals surface area contributed by atoms with Crippen LogP contribution in [0.5, 0.6) is 0 Å². The van der Waals surface area contributed by atoms with Crippen LogP contribution in [0.25, 0.3) is 5.57 Å². The molecule has 5 aromatic rings. The number of anilines is 4. The van der Waals surface area contributed by atoms with Gasteiger partial charge in [0, 0.05) is 77.5 Å². The van der Waals surface area contributed by atoms with Gasteiger partial charge in [-0.25, -0.2) is 0 Å². The molecule has 8 nitrogen and oxygen atoms in total. The van der Waals surface area contributed by atoms with E-state index in [4.69, 9.17) is 0 Å². The number of ketones is 1. The Morgan fingerprint density at radius 2 is 1.05 bits per heavy atom. The van der Waals surface area contributed by atoms with Crippen molar-refractivity contribution in [2.75, 3.05) is 10.2 Å². The second-order valence-electron chi connectivity index (χ2n) is 18.7.